The smallest absolute Gasteiger partial charge is 0.221 e. The molecular weight excluding hydrogens is 224 g/mol. The predicted molar refractivity (Wildman–Crippen MR) is 75.3 cm³/mol. The van der Waals surface area contributed by atoms with Crippen molar-refractivity contribution in [1.82, 2.24) is 0 Å². The summed E-state index contributed by atoms with van der Waals surface area (Å²) in [7, 11) is 0. The van der Waals surface area contributed by atoms with E-state index in [1.807, 2.05) is 54.4 Å². The molecule has 92 valence electrons. The second-order valence-corrected chi connectivity index (χ2v) is 4.30. The van der Waals surface area contributed by atoms with Crippen molar-refractivity contribution in [2.75, 3.05) is 10.2 Å². The average molecular weight is 240 g/mol. The van der Waals surface area contributed by atoms with Crippen LogP contribution in [0, 0.1) is 0 Å². The summed E-state index contributed by atoms with van der Waals surface area (Å²) in [4.78, 5) is 13.1. The summed E-state index contributed by atoms with van der Waals surface area (Å²) < 4.78 is 0. The van der Waals surface area contributed by atoms with Gasteiger partial charge < -0.3 is 10.2 Å². The van der Waals surface area contributed by atoms with Gasteiger partial charge in [-0.15, -0.1) is 0 Å². The van der Waals surface area contributed by atoms with Crippen molar-refractivity contribution in [3.8, 4) is 0 Å². The van der Waals surface area contributed by atoms with Crippen LogP contribution in [0.4, 0.5) is 11.4 Å². The predicted octanol–water partition coefficient (Wildman–Crippen LogP) is 3.44. The topological polar surface area (TPSA) is 32.3 Å². The number of nitrogens with zero attached hydrogens (tertiary/aromatic N) is 1. The molecular formula is C15H16N2O. The largest absolute Gasteiger partial charge is 0.326 e. The first-order valence-corrected chi connectivity index (χ1v) is 5.78. The highest BCUT2D eigenvalue weighted by atomic mass is 16.1. The third kappa shape index (κ3) is 2.69. The van der Waals surface area contributed by atoms with Gasteiger partial charge in [-0.25, -0.2) is 0 Å². The van der Waals surface area contributed by atoms with Gasteiger partial charge in [0.15, 0.2) is 0 Å². The molecule has 1 heterocycles. The van der Waals surface area contributed by atoms with Gasteiger partial charge in [0.1, 0.15) is 0 Å². The number of carbonyl (C=O) groups is 1. The lowest BCUT2D eigenvalue weighted by Gasteiger charge is -2.25. The normalized spacial score (nSPS) is 14.4. The Morgan fingerprint density at radius 3 is 2.83 bits per heavy atom. The molecule has 0 saturated carbocycles. The quantitative estimate of drug-likeness (QED) is 0.858. The van der Waals surface area contributed by atoms with Crippen LogP contribution in [0.25, 0.3) is 0 Å². The molecule has 1 amide bonds. The maximum atomic E-state index is 11.1. The molecule has 0 aromatic heterocycles. The van der Waals surface area contributed by atoms with Gasteiger partial charge in [-0.2, -0.15) is 0 Å². The summed E-state index contributed by atoms with van der Waals surface area (Å²) in [6.07, 6.45) is 6.02. The second kappa shape index (κ2) is 4.92. The Morgan fingerprint density at radius 1 is 1.33 bits per heavy atom. The molecule has 3 heteroatoms. The Labute approximate surface area is 107 Å². The van der Waals surface area contributed by atoms with Crippen molar-refractivity contribution < 1.29 is 4.79 Å². The molecule has 1 aliphatic heterocycles. The van der Waals surface area contributed by atoms with Crippen LogP contribution in [-0.4, -0.2) is 5.91 Å². The van der Waals surface area contributed by atoms with Crippen molar-refractivity contribution in [3.05, 3.63) is 60.5 Å². The van der Waals surface area contributed by atoms with E-state index >= 15 is 0 Å². The minimum atomic E-state index is -0.0729. The molecule has 1 aromatic rings. The van der Waals surface area contributed by atoms with Gasteiger partial charge in [-0.05, 0) is 36.8 Å². The molecule has 0 fully saturated rings. The molecule has 0 unspecified atom stereocenters. The van der Waals surface area contributed by atoms with Crippen LogP contribution in [0.3, 0.4) is 0 Å². The SMILES string of the molecule is C=C1C=CC(C)=CN1c1cccc(NC(C)=O)c1. The van der Waals surface area contributed by atoms with Crippen molar-refractivity contribution in [3.63, 3.8) is 0 Å². The van der Waals surface area contributed by atoms with Crippen LogP contribution in [0.15, 0.2) is 60.5 Å². The number of amides is 1. The lowest BCUT2D eigenvalue weighted by molar-refractivity contribution is -0.114. The van der Waals surface area contributed by atoms with Gasteiger partial charge >= 0.3 is 0 Å². The molecule has 1 N–H and O–H groups in total. The average Bonchev–Trinajstić information content (AvgIpc) is 2.32. The number of nitrogens with one attached hydrogen (secondary N) is 1. The lowest BCUT2D eigenvalue weighted by atomic mass is 10.1. The molecule has 1 aromatic carbocycles. The number of hydrogen-bond donors (Lipinski definition) is 1. The molecule has 0 saturated heterocycles. The zero-order valence-electron chi connectivity index (χ0n) is 10.6. The molecule has 0 atom stereocenters. The van der Waals surface area contributed by atoms with Gasteiger partial charge in [0.2, 0.25) is 5.91 Å². The monoisotopic (exact) mass is 240 g/mol. The van der Waals surface area contributed by atoms with E-state index < -0.39 is 0 Å². The van der Waals surface area contributed by atoms with Crippen LogP contribution in [0.1, 0.15) is 13.8 Å². The van der Waals surface area contributed by atoms with Crippen LogP contribution in [0.2, 0.25) is 0 Å². The number of carbonyl (C=O) groups excluding carboxylic acids is 1. The third-order valence-electron chi connectivity index (χ3n) is 2.63. The van der Waals surface area contributed by atoms with Gasteiger partial charge in [-0.3, -0.25) is 4.79 Å². The van der Waals surface area contributed by atoms with Gasteiger partial charge in [0.05, 0.1) is 0 Å². The van der Waals surface area contributed by atoms with E-state index in [-0.39, 0.29) is 5.91 Å². The van der Waals surface area contributed by atoms with Gasteiger partial charge in [-0.1, -0.05) is 18.7 Å². The maximum Gasteiger partial charge on any atom is 0.221 e. The first-order valence-electron chi connectivity index (χ1n) is 5.78. The molecule has 1 aliphatic rings. The zero-order chi connectivity index (χ0) is 13.1. The fourth-order valence-corrected chi connectivity index (χ4v) is 1.81. The minimum Gasteiger partial charge on any atom is -0.326 e. The van der Waals surface area contributed by atoms with E-state index in [0.717, 1.165) is 22.6 Å². The molecule has 3 nitrogen and oxygen atoms in total. The number of allylic oxidation sites excluding steroid dienone is 3. The molecule has 0 aliphatic carbocycles. The van der Waals surface area contributed by atoms with E-state index in [9.17, 15) is 4.79 Å². The Morgan fingerprint density at radius 2 is 2.11 bits per heavy atom. The van der Waals surface area contributed by atoms with E-state index in [4.69, 9.17) is 0 Å². The number of anilines is 2. The Balaban J connectivity index is 2.31. The van der Waals surface area contributed by atoms with Crippen LogP contribution < -0.4 is 10.2 Å². The fraction of sp³-hybridized carbons (Fsp3) is 0.133. The molecule has 0 spiro atoms. The molecule has 0 radical (unpaired) electrons. The van der Waals surface area contributed by atoms with Crippen LogP contribution >= 0.6 is 0 Å². The summed E-state index contributed by atoms with van der Waals surface area (Å²) >= 11 is 0. The molecule has 2 rings (SSSR count). The summed E-state index contributed by atoms with van der Waals surface area (Å²) in [5.41, 5.74) is 3.83. The Bertz CT molecular complexity index is 555. The van der Waals surface area contributed by atoms with Crippen molar-refractivity contribution in [2.45, 2.75) is 13.8 Å². The highest BCUT2D eigenvalue weighted by Crippen LogP contribution is 2.26. The minimum absolute atomic E-state index is 0.0729. The third-order valence-corrected chi connectivity index (χ3v) is 2.63. The van der Waals surface area contributed by atoms with E-state index in [1.54, 1.807) is 0 Å². The van der Waals surface area contributed by atoms with E-state index in [2.05, 4.69) is 11.9 Å². The highest BCUT2D eigenvalue weighted by Gasteiger charge is 2.10. The van der Waals surface area contributed by atoms with Gasteiger partial charge in [0.25, 0.3) is 0 Å². The number of benzene rings is 1. The lowest BCUT2D eigenvalue weighted by Crippen LogP contribution is -2.16. The summed E-state index contributed by atoms with van der Waals surface area (Å²) in [5.74, 6) is -0.0729. The van der Waals surface area contributed by atoms with Gasteiger partial charge in [0, 0.05) is 30.2 Å². The van der Waals surface area contributed by atoms with Crippen molar-refractivity contribution in [1.29, 1.82) is 0 Å². The first kappa shape index (κ1) is 12.2. The zero-order valence-corrected chi connectivity index (χ0v) is 10.6. The standard InChI is InChI=1S/C15H16N2O/c1-11-7-8-12(2)17(10-11)15-6-4-5-14(9-15)16-13(3)18/h4-10H,2H2,1,3H3,(H,16,18). The fourth-order valence-electron chi connectivity index (χ4n) is 1.81. The summed E-state index contributed by atoms with van der Waals surface area (Å²) in [5, 5.41) is 2.78. The second-order valence-electron chi connectivity index (χ2n) is 4.30. The van der Waals surface area contributed by atoms with Crippen LogP contribution in [-0.2, 0) is 4.79 Å². The summed E-state index contributed by atoms with van der Waals surface area (Å²) in [6, 6.07) is 7.69. The van der Waals surface area contributed by atoms with E-state index in [0.29, 0.717) is 0 Å². The Kier molecular flexibility index (Phi) is 3.33. The van der Waals surface area contributed by atoms with Crippen molar-refractivity contribution >= 4 is 17.3 Å². The molecule has 0 bridgehead atoms. The first-order chi connectivity index (χ1) is 8.56. The Hall–Kier alpha value is -2.29. The number of rotatable bonds is 2. The maximum absolute atomic E-state index is 11.1. The molecule has 18 heavy (non-hydrogen) atoms. The van der Waals surface area contributed by atoms with Crippen molar-refractivity contribution in [2.24, 2.45) is 0 Å². The van der Waals surface area contributed by atoms with Crippen LogP contribution in [0.5, 0.6) is 0 Å². The summed E-state index contributed by atoms with van der Waals surface area (Å²) in [6.45, 7) is 7.54. The highest BCUT2D eigenvalue weighted by molar-refractivity contribution is 5.89. The van der Waals surface area contributed by atoms with E-state index in [1.165, 1.54) is 6.92 Å². The number of hydrogen-bond acceptors (Lipinski definition) is 2.